The highest BCUT2D eigenvalue weighted by atomic mass is 16.5. The van der Waals surface area contributed by atoms with Gasteiger partial charge < -0.3 is 9.64 Å². The van der Waals surface area contributed by atoms with E-state index in [4.69, 9.17) is 5.26 Å². The lowest BCUT2D eigenvalue weighted by Crippen LogP contribution is -2.42. The topological polar surface area (TPSA) is 70.4 Å². The molecular formula is C10H16N2O3. The smallest absolute Gasteiger partial charge is 0.397 e. The van der Waals surface area contributed by atoms with E-state index in [0.717, 1.165) is 0 Å². The number of nitrogens with zero attached hydrogens (tertiary/aromatic N) is 2. The third-order valence-electron chi connectivity index (χ3n) is 1.80. The largest absolute Gasteiger partial charge is 0.459 e. The molecule has 0 unspecified atom stereocenters. The van der Waals surface area contributed by atoms with Gasteiger partial charge in [0.1, 0.15) is 0 Å². The fraction of sp³-hybridized carbons (Fsp3) is 0.700. The predicted octanol–water partition coefficient (Wildman–Crippen LogP) is 0.700. The van der Waals surface area contributed by atoms with E-state index < -0.39 is 11.9 Å². The third kappa shape index (κ3) is 4.45. The zero-order chi connectivity index (χ0) is 11.8. The molecule has 0 aliphatic carbocycles. The van der Waals surface area contributed by atoms with Crippen molar-refractivity contribution in [3.63, 3.8) is 0 Å². The number of nitriles is 1. The Morgan fingerprint density at radius 1 is 1.47 bits per heavy atom. The maximum absolute atomic E-state index is 11.5. The first kappa shape index (κ1) is 13.4. The minimum Gasteiger partial charge on any atom is -0.459 e. The van der Waals surface area contributed by atoms with E-state index in [1.54, 1.807) is 20.8 Å². The van der Waals surface area contributed by atoms with Crippen molar-refractivity contribution >= 4 is 11.9 Å². The van der Waals surface area contributed by atoms with Crippen LogP contribution in [0.15, 0.2) is 0 Å². The van der Waals surface area contributed by atoms with Crippen LogP contribution in [0.3, 0.4) is 0 Å². The highest BCUT2D eigenvalue weighted by Crippen LogP contribution is 2.01. The van der Waals surface area contributed by atoms with Crippen molar-refractivity contribution in [3.8, 4) is 6.07 Å². The quantitative estimate of drug-likeness (QED) is 0.508. The Labute approximate surface area is 89.6 Å². The predicted molar refractivity (Wildman–Crippen MR) is 53.7 cm³/mol. The Morgan fingerprint density at radius 2 is 2.07 bits per heavy atom. The molecule has 0 aliphatic heterocycles. The molecule has 0 fully saturated rings. The van der Waals surface area contributed by atoms with Crippen molar-refractivity contribution in [2.24, 2.45) is 0 Å². The second-order valence-corrected chi connectivity index (χ2v) is 3.22. The zero-order valence-electron chi connectivity index (χ0n) is 9.32. The van der Waals surface area contributed by atoms with Crippen LogP contribution in [0.1, 0.15) is 27.2 Å². The molecule has 0 aromatic rings. The minimum absolute atomic E-state index is 0.116. The maximum Gasteiger partial charge on any atom is 0.397 e. The van der Waals surface area contributed by atoms with Crippen LogP contribution in [0, 0.1) is 11.3 Å². The lowest BCUT2D eigenvalue weighted by Gasteiger charge is -2.24. The summed E-state index contributed by atoms with van der Waals surface area (Å²) in [5.41, 5.74) is 0. The SMILES string of the molecule is CCOC(=O)C(=O)N(CCC#N)C(C)C. The molecule has 0 atom stereocenters. The average molecular weight is 212 g/mol. The molecule has 84 valence electrons. The molecule has 0 rings (SSSR count). The number of amides is 1. The highest BCUT2D eigenvalue weighted by molar-refractivity contribution is 6.32. The van der Waals surface area contributed by atoms with E-state index in [-0.39, 0.29) is 25.6 Å². The van der Waals surface area contributed by atoms with Gasteiger partial charge in [0.15, 0.2) is 0 Å². The first-order valence-corrected chi connectivity index (χ1v) is 4.89. The molecule has 0 saturated heterocycles. The van der Waals surface area contributed by atoms with Gasteiger partial charge in [0.25, 0.3) is 0 Å². The first-order valence-electron chi connectivity index (χ1n) is 4.89. The van der Waals surface area contributed by atoms with Gasteiger partial charge in [0.05, 0.1) is 19.1 Å². The van der Waals surface area contributed by atoms with E-state index in [2.05, 4.69) is 4.74 Å². The number of hydrogen-bond donors (Lipinski definition) is 0. The molecule has 0 heterocycles. The van der Waals surface area contributed by atoms with Gasteiger partial charge in [-0.1, -0.05) is 0 Å². The summed E-state index contributed by atoms with van der Waals surface area (Å²) in [4.78, 5) is 24.0. The summed E-state index contributed by atoms with van der Waals surface area (Å²) >= 11 is 0. The van der Waals surface area contributed by atoms with Gasteiger partial charge in [-0.25, -0.2) is 4.79 Å². The number of carbonyl (C=O) groups is 2. The molecule has 0 aromatic carbocycles. The number of hydrogen-bond acceptors (Lipinski definition) is 4. The summed E-state index contributed by atoms with van der Waals surface area (Å²) < 4.78 is 4.60. The van der Waals surface area contributed by atoms with Crippen molar-refractivity contribution < 1.29 is 14.3 Å². The van der Waals surface area contributed by atoms with Gasteiger partial charge in [-0.15, -0.1) is 0 Å². The lowest BCUT2D eigenvalue weighted by molar-refractivity contribution is -0.160. The van der Waals surface area contributed by atoms with Gasteiger partial charge >= 0.3 is 11.9 Å². The van der Waals surface area contributed by atoms with Crippen molar-refractivity contribution in [1.29, 1.82) is 5.26 Å². The molecule has 0 saturated carbocycles. The number of carbonyl (C=O) groups excluding carboxylic acids is 2. The molecule has 0 radical (unpaired) electrons. The molecule has 0 aliphatic rings. The Balaban J connectivity index is 4.42. The molecule has 15 heavy (non-hydrogen) atoms. The number of rotatable bonds is 4. The third-order valence-corrected chi connectivity index (χ3v) is 1.80. The standard InChI is InChI=1S/C10H16N2O3/c1-4-15-10(14)9(13)12(8(2)3)7-5-6-11/h8H,4-5,7H2,1-3H3. The average Bonchev–Trinajstić information content (AvgIpc) is 2.18. The maximum atomic E-state index is 11.5. The van der Waals surface area contributed by atoms with E-state index in [9.17, 15) is 9.59 Å². The van der Waals surface area contributed by atoms with E-state index in [1.165, 1.54) is 4.90 Å². The van der Waals surface area contributed by atoms with E-state index in [0.29, 0.717) is 0 Å². The molecule has 0 spiro atoms. The minimum atomic E-state index is -0.857. The fourth-order valence-electron chi connectivity index (χ4n) is 1.07. The zero-order valence-corrected chi connectivity index (χ0v) is 9.32. The van der Waals surface area contributed by atoms with Crippen molar-refractivity contribution in [1.82, 2.24) is 4.90 Å². The van der Waals surface area contributed by atoms with Gasteiger partial charge in [-0.05, 0) is 20.8 Å². The van der Waals surface area contributed by atoms with E-state index >= 15 is 0 Å². The second kappa shape index (κ2) is 6.82. The highest BCUT2D eigenvalue weighted by Gasteiger charge is 2.24. The van der Waals surface area contributed by atoms with Gasteiger partial charge in [-0.2, -0.15) is 5.26 Å². The van der Waals surface area contributed by atoms with Gasteiger partial charge in [0.2, 0.25) is 0 Å². The van der Waals surface area contributed by atoms with Gasteiger partial charge in [0, 0.05) is 12.6 Å². The summed E-state index contributed by atoms with van der Waals surface area (Å²) in [6, 6.07) is 1.82. The summed E-state index contributed by atoms with van der Waals surface area (Å²) in [5, 5.41) is 8.42. The summed E-state index contributed by atoms with van der Waals surface area (Å²) in [5.74, 6) is -1.54. The van der Waals surface area contributed by atoms with Crippen LogP contribution in [0.4, 0.5) is 0 Å². The monoisotopic (exact) mass is 212 g/mol. The summed E-state index contributed by atoms with van der Waals surface area (Å²) in [7, 11) is 0. The van der Waals surface area contributed by atoms with Gasteiger partial charge in [-0.3, -0.25) is 4.79 Å². The Hall–Kier alpha value is -1.57. The van der Waals surface area contributed by atoms with Crippen LogP contribution < -0.4 is 0 Å². The molecule has 5 heteroatoms. The van der Waals surface area contributed by atoms with Crippen LogP contribution in [-0.2, 0) is 14.3 Å². The molecule has 5 nitrogen and oxygen atoms in total. The second-order valence-electron chi connectivity index (χ2n) is 3.22. The Kier molecular flexibility index (Phi) is 6.11. The number of esters is 1. The van der Waals surface area contributed by atoms with Crippen LogP contribution in [-0.4, -0.2) is 36.0 Å². The van der Waals surface area contributed by atoms with Crippen LogP contribution in [0.25, 0.3) is 0 Å². The summed E-state index contributed by atoms with van der Waals surface area (Å²) in [6.07, 6.45) is 0.212. The van der Waals surface area contributed by atoms with Crippen LogP contribution in [0.2, 0.25) is 0 Å². The van der Waals surface area contributed by atoms with Crippen LogP contribution >= 0.6 is 0 Å². The van der Waals surface area contributed by atoms with E-state index in [1.807, 2.05) is 6.07 Å². The molecule has 0 aromatic heterocycles. The Morgan fingerprint density at radius 3 is 2.47 bits per heavy atom. The fourth-order valence-corrected chi connectivity index (χ4v) is 1.07. The van der Waals surface area contributed by atoms with Crippen molar-refractivity contribution in [2.45, 2.75) is 33.2 Å². The first-order chi connectivity index (χ1) is 7.04. The molecule has 1 amide bonds. The Bertz CT molecular complexity index is 268. The van der Waals surface area contributed by atoms with Crippen LogP contribution in [0.5, 0.6) is 0 Å². The summed E-state index contributed by atoms with van der Waals surface area (Å²) in [6.45, 7) is 5.64. The normalized spacial score (nSPS) is 9.53. The molecule has 0 N–H and O–H groups in total. The lowest BCUT2D eigenvalue weighted by atomic mass is 10.3. The van der Waals surface area contributed by atoms with Crippen molar-refractivity contribution in [2.75, 3.05) is 13.2 Å². The van der Waals surface area contributed by atoms with Crippen molar-refractivity contribution in [3.05, 3.63) is 0 Å². The number of ether oxygens (including phenoxy) is 1. The molecular weight excluding hydrogens is 196 g/mol. The molecule has 0 bridgehead atoms.